The highest BCUT2D eigenvalue weighted by molar-refractivity contribution is 7.10. The van der Waals surface area contributed by atoms with Crippen LogP contribution < -0.4 is 10.1 Å². The van der Waals surface area contributed by atoms with E-state index in [1.54, 1.807) is 27.1 Å². The number of ether oxygens (including phenoxy) is 2. The van der Waals surface area contributed by atoms with Gasteiger partial charge in [0.1, 0.15) is 23.7 Å². The van der Waals surface area contributed by atoms with Crippen LogP contribution in [0.5, 0.6) is 5.75 Å². The molecule has 13 heteroatoms. The number of amides is 2. The molecule has 0 aliphatic carbocycles. The summed E-state index contributed by atoms with van der Waals surface area (Å²) in [6, 6.07) is 8.75. The molecule has 4 aromatic rings. The predicted molar refractivity (Wildman–Crippen MR) is 150 cm³/mol. The lowest BCUT2D eigenvalue weighted by Gasteiger charge is -2.27. The standard InChI is InChI=1S/C29H28F3N5O4S/c30-29(31,32)19-13-20(15-21(14-19)41-12-9-35-7-10-40-11-8-35)34-27(38)23-18-42-25-17-36(6-4-22(23)25)28(39)24-16-33-26-3-1-2-5-37(24)26/h1-3,5,13-16,18H,4,6-12,17H2,(H,34,38). The van der Waals surface area contributed by atoms with E-state index in [0.29, 0.717) is 56.2 Å². The third kappa shape index (κ3) is 5.98. The van der Waals surface area contributed by atoms with Gasteiger partial charge in [0.2, 0.25) is 0 Å². The Morgan fingerprint density at radius 2 is 1.95 bits per heavy atom. The predicted octanol–water partition coefficient (Wildman–Crippen LogP) is 4.58. The smallest absolute Gasteiger partial charge is 0.416 e. The molecule has 0 unspecified atom stereocenters. The number of alkyl halides is 3. The van der Waals surface area contributed by atoms with E-state index in [2.05, 4.69) is 15.2 Å². The number of rotatable bonds is 7. The van der Waals surface area contributed by atoms with E-state index >= 15 is 0 Å². The highest BCUT2D eigenvalue weighted by Crippen LogP contribution is 2.35. The molecular formula is C29H28F3N5O4S. The molecule has 3 aromatic heterocycles. The summed E-state index contributed by atoms with van der Waals surface area (Å²) in [5.74, 6) is -0.640. The van der Waals surface area contributed by atoms with Gasteiger partial charge in [0.05, 0.1) is 37.1 Å². The normalized spacial score (nSPS) is 15.9. The van der Waals surface area contributed by atoms with Crippen molar-refractivity contribution in [2.24, 2.45) is 0 Å². The average molecular weight is 600 g/mol. The molecule has 0 radical (unpaired) electrons. The van der Waals surface area contributed by atoms with E-state index < -0.39 is 17.6 Å². The van der Waals surface area contributed by atoms with Crippen LogP contribution in [0.4, 0.5) is 18.9 Å². The van der Waals surface area contributed by atoms with E-state index in [0.717, 1.165) is 35.7 Å². The van der Waals surface area contributed by atoms with Crippen LogP contribution in [0, 0.1) is 0 Å². The second-order valence-corrected chi connectivity index (χ2v) is 11.1. The molecule has 0 bridgehead atoms. The number of carbonyl (C=O) groups is 2. The molecule has 42 heavy (non-hydrogen) atoms. The van der Waals surface area contributed by atoms with Crippen molar-refractivity contribution in [3.63, 3.8) is 0 Å². The highest BCUT2D eigenvalue weighted by atomic mass is 32.1. The average Bonchev–Trinajstić information content (AvgIpc) is 3.61. The Hall–Kier alpha value is -3.94. The molecule has 2 aliphatic heterocycles. The number of pyridine rings is 1. The third-order valence-corrected chi connectivity index (χ3v) is 8.40. The first kappa shape index (κ1) is 28.2. The molecule has 0 saturated carbocycles. The maximum atomic E-state index is 13.7. The van der Waals surface area contributed by atoms with E-state index in [9.17, 15) is 22.8 Å². The van der Waals surface area contributed by atoms with Crippen LogP contribution in [0.2, 0.25) is 0 Å². The van der Waals surface area contributed by atoms with Crippen LogP contribution in [0.15, 0.2) is 54.2 Å². The largest absolute Gasteiger partial charge is 0.492 e. The minimum absolute atomic E-state index is 0.00336. The molecule has 220 valence electrons. The Kier molecular flexibility index (Phi) is 7.88. The number of thiophene rings is 1. The fourth-order valence-electron chi connectivity index (χ4n) is 5.18. The molecule has 1 aromatic carbocycles. The molecule has 2 aliphatic rings. The number of nitrogens with zero attached hydrogens (tertiary/aromatic N) is 4. The van der Waals surface area contributed by atoms with Crippen molar-refractivity contribution in [3.05, 3.63) is 81.4 Å². The fraction of sp³-hybridized carbons (Fsp3) is 0.345. The van der Waals surface area contributed by atoms with Crippen LogP contribution in [0.25, 0.3) is 5.65 Å². The lowest BCUT2D eigenvalue weighted by Crippen LogP contribution is -2.38. The molecule has 1 N–H and O–H groups in total. The van der Waals surface area contributed by atoms with Crippen LogP contribution in [-0.4, -0.2) is 77.0 Å². The SMILES string of the molecule is O=C(Nc1cc(OCCN2CCOCC2)cc(C(F)(F)F)c1)c1csc2c1CCN(C(=O)c1cnc3ccccn13)C2. The van der Waals surface area contributed by atoms with Gasteiger partial charge in [0.15, 0.2) is 0 Å². The van der Waals surface area contributed by atoms with Gasteiger partial charge in [-0.15, -0.1) is 11.3 Å². The van der Waals surface area contributed by atoms with E-state index in [1.165, 1.54) is 17.4 Å². The number of imidazole rings is 1. The van der Waals surface area contributed by atoms with Gasteiger partial charge in [-0.3, -0.25) is 18.9 Å². The summed E-state index contributed by atoms with van der Waals surface area (Å²) in [6.07, 6.45) is -0.826. The summed E-state index contributed by atoms with van der Waals surface area (Å²) in [6.45, 7) is 4.20. The second kappa shape index (κ2) is 11.7. The summed E-state index contributed by atoms with van der Waals surface area (Å²) in [5, 5.41) is 4.32. The number of nitrogens with one attached hydrogen (secondary N) is 1. The number of benzene rings is 1. The molecule has 5 heterocycles. The van der Waals surface area contributed by atoms with Gasteiger partial charge in [-0.25, -0.2) is 4.98 Å². The number of aromatic nitrogens is 2. The van der Waals surface area contributed by atoms with Gasteiger partial charge in [0.25, 0.3) is 11.8 Å². The Bertz CT molecular complexity index is 1610. The fourth-order valence-corrected chi connectivity index (χ4v) is 6.27. The number of hydrogen-bond donors (Lipinski definition) is 1. The van der Waals surface area contributed by atoms with Crippen LogP contribution >= 0.6 is 11.3 Å². The Morgan fingerprint density at radius 3 is 2.76 bits per heavy atom. The van der Waals surface area contributed by atoms with Crippen molar-refractivity contribution in [1.82, 2.24) is 19.2 Å². The molecule has 1 saturated heterocycles. The lowest BCUT2D eigenvalue weighted by atomic mass is 10.0. The van der Waals surface area contributed by atoms with Gasteiger partial charge >= 0.3 is 6.18 Å². The summed E-state index contributed by atoms with van der Waals surface area (Å²) in [7, 11) is 0. The molecule has 9 nitrogen and oxygen atoms in total. The highest BCUT2D eigenvalue weighted by Gasteiger charge is 2.32. The van der Waals surface area contributed by atoms with E-state index in [-0.39, 0.29) is 24.0 Å². The van der Waals surface area contributed by atoms with Gasteiger partial charge in [-0.2, -0.15) is 13.2 Å². The first-order valence-electron chi connectivity index (χ1n) is 13.5. The topological polar surface area (TPSA) is 88.4 Å². The monoisotopic (exact) mass is 599 g/mol. The van der Waals surface area contributed by atoms with Crippen LogP contribution in [0.1, 0.15) is 36.9 Å². The second-order valence-electron chi connectivity index (χ2n) is 10.1. The third-order valence-electron chi connectivity index (χ3n) is 7.39. The molecule has 6 rings (SSSR count). The van der Waals surface area contributed by atoms with Crippen molar-refractivity contribution < 1.29 is 32.2 Å². The maximum absolute atomic E-state index is 13.7. The van der Waals surface area contributed by atoms with Crippen molar-refractivity contribution in [2.75, 3.05) is 51.3 Å². The molecule has 0 atom stereocenters. The molecule has 2 amide bonds. The van der Waals surface area contributed by atoms with Gasteiger partial charge in [-0.1, -0.05) is 6.07 Å². The zero-order valence-corrected chi connectivity index (χ0v) is 23.3. The Morgan fingerprint density at radius 1 is 1.12 bits per heavy atom. The van der Waals surface area contributed by atoms with Crippen molar-refractivity contribution in [1.29, 1.82) is 0 Å². The molecular weight excluding hydrogens is 571 g/mol. The Balaban J connectivity index is 1.14. The van der Waals surface area contributed by atoms with Gasteiger partial charge in [-0.05, 0) is 36.2 Å². The van der Waals surface area contributed by atoms with Crippen LogP contribution in [-0.2, 0) is 23.9 Å². The molecule has 1 fully saturated rings. The quantitative estimate of drug-likeness (QED) is 0.335. The number of morpholine rings is 1. The van der Waals surface area contributed by atoms with Gasteiger partial charge < -0.3 is 19.7 Å². The van der Waals surface area contributed by atoms with Crippen molar-refractivity contribution in [2.45, 2.75) is 19.1 Å². The van der Waals surface area contributed by atoms with Crippen molar-refractivity contribution >= 4 is 34.5 Å². The first-order valence-corrected chi connectivity index (χ1v) is 14.4. The minimum Gasteiger partial charge on any atom is -0.492 e. The summed E-state index contributed by atoms with van der Waals surface area (Å²) >= 11 is 1.35. The van der Waals surface area contributed by atoms with E-state index in [1.807, 2.05) is 18.2 Å². The summed E-state index contributed by atoms with van der Waals surface area (Å²) in [5.41, 5.74) is 1.41. The zero-order valence-electron chi connectivity index (χ0n) is 22.5. The number of fused-ring (bicyclic) bond motifs is 2. The minimum atomic E-state index is -4.61. The summed E-state index contributed by atoms with van der Waals surface area (Å²) in [4.78, 5) is 35.5. The first-order chi connectivity index (χ1) is 20.3. The number of hydrogen-bond acceptors (Lipinski definition) is 7. The number of anilines is 1. The summed E-state index contributed by atoms with van der Waals surface area (Å²) < 4.78 is 53.7. The number of carbonyl (C=O) groups excluding carboxylic acids is 2. The lowest BCUT2D eigenvalue weighted by molar-refractivity contribution is -0.137. The number of halogens is 3. The van der Waals surface area contributed by atoms with Gasteiger partial charge in [0, 0.05) is 54.4 Å². The van der Waals surface area contributed by atoms with Crippen molar-refractivity contribution in [3.8, 4) is 5.75 Å². The zero-order chi connectivity index (χ0) is 29.3. The van der Waals surface area contributed by atoms with Crippen LogP contribution in [0.3, 0.4) is 0 Å². The maximum Gasteiger partial charge on any atom is 0.416 e. The molecule has 0 spiro atoms. The Labute approximate surface area is 243 Å². The van der Waals surface area contributed by atoms with E-state index in [4.69, 9.17) is 9.47 Å².